The number of hydrogen-bond donors (Lipinski definition) is 0. The van der Waals surface area contributed by atoms with Crippen molar-refractivity contribution in [1.29, 1.82) is 0 Å². The number of hydrogen-bond acceptors (Lipinski definition) is 6. The van der Waals surface area contributed by atoms with E-state index in [0.717, 1.165) is 83.5 Å². The number of allylic oxidation sites excluding steroid dienone is 8. The fraction of sp³-hybridized carbons (Fsp3) is 0.849. The van der Waals surface area contributed by atoms with Gasteiger partial charge in [0.25, 0.3) is 0 Å². The highest BCUT2D eigenvalue weighted by Crippen LogP contribution is 2.18. The van der Waals surface area contributed by atoms with Crippen molar-refractivity contribution in [2.24, 2.45) is 0 Å². The maximum absolute atomic E-state index is 12.9. The van der Waals surface area contributed by atoms with Crippen LogP contribution in [-0.2, 0) is 28.6 Å². The van der Waals surface area contributed by atoms with Crippen LogP contribution in [-0.4, -0.2) is 37.2 Å². The SMILES string of the molecule is CCC/C=C\CCCCCCCC(=O)OCC(COC(=O)CCCCCCCCCCCCCC/C=C\C/C=C\C/C=C\CCCCCCC)OC(=O)CCCCCCCCCCCCCCCCCCCCCCCCCC. The molecule has 0 aliphatic heterocycles. The Hall–Kier alpha value is -2.63. The van der Waals surface area contributed by atoms with Crippen LogP contribution in [0, 0.1) is 0 Å². The molecular weight excluding hydrogens is 973 g/mol. The average Bonchev–Trinajstić information content (AvgIpc) is 3.45. The highest BCUT2D eigenvalue weighted by Gasteiger charge is 2.19. The van der Waals surface area contributed by atoms with Crippen LogP contribution in [0.5, 0.6) is 0 Å². The number of unbranched alkanes of at least 4 members (excludes halogenated alkanes) is 46. The van der Waals surface area contributed by atoms with Gasteiger partial charge in [0.2, 0.25) is 0 Å². The minimum atomic E-state index is -0.775. The molecule has 0 N–H and O–H groups in total. The lowest BCUT2D eigenvalue weighted by Crippen LogP contribution is -2.30. The zero-order valence-corrected chi connectivity index (χ0v) is 53.2. The molecular formula is C73H134O6. The number of ether oxygens (including phenoxy) is 3. The third kappa shape index (κ3) is 66.1. The molecule has 0 aromatic heterocycles. The molecule has 0 radical (unpaired) electrons. The summed E-state index contributed by atoms with van der Waals surface area (Å²) in [4.78, 5) is 38.3. The first kappa shape index (κ1) is 76.4. The minimum absolute atomic E-state index is 0.0727. The van der Waals surface area contributed by atoms with E-state index in [1.807, 2.05) is 0 Å². The summed E-state index contributed by atoms with van der Waals surface area (Å²) in [7, 11) is 0. The van der Waals surface area contributed by atoms with Crippen LogP contribution in [0.4, 0.5) is 0 Å². The van der Waals surface area contributed by atoms with Crippen LogP contribution in [0.1, 0.15) is 380 Å². The van der Waals surface area contributed by atoms with E-state index in [1.165, 1.54) is 257 Å². The van der Waals surface area contributed by atoms with Crippen molar-refractivity contribution in [2.45, 2.75) is 386 Å². The van der Waals surface area contributed by atoms with Gasteiger partial charge in [0.1, 0.15) is 13.2 Å². The van der Waals surface area contributed by atoms with Crippen molar-refractivity contribution in [1.82, 2.24) is 0 Å². The standard InChI is InChI=1S/C73H134O6/c1-4-7-10-13-16-19-22-24-26-28-30-32-34-36-37-38-40-41-43-45-47-49-51-54-57-60-63-66-72(75)78-69-70(68-77-71(74)65-62-59-56-53-21-18-15-12-9-6-3)79-73(76)67-64-61-58-55-52-50-48-46-44-42-39-35-33-31-29-27-25-23-20-17-14-11-8-5-2/h12,15,22,24,28,30,34,36,70H,4-11,13-14,16-21,23,25-27,29,31-33,35,37-69H2,1-3H3/b15-12-,24-22-,30-28-,36-34-. The molecule has 0 heterocycles. The molecule has 0 rings (SSSR count). The molecule has 1 unspecified atom stereocenters. The Kier molecular flexibility index (Phi) is 65.6. The molecule has 0 fully saturated rings. The second-order valence-electron chi connectivity index (χ2n) is 23.8. The molecule has 0 aromatic carbocycles. The summed E-state index contributed by atoms with van der Waals surface area (Å²) < 4.78 is 16.9. The van der Waals surface area contributed by atoms with Gasteiger partial charge in [-0.3, -0.25) is 14.4 Å². The smallest absolute Gasteiger partial charge is 0.306 e. The van der Waals surface area contributed by atoms with Crippen molar-refractivity contribution < 1.29 is 28.6 Å². The van der Waals surface area contributed by atoms with Gasteiger partial charge in [-0.05, 0) is 77.0 Å². The van der Waals surface area contributed by atoms with Gasteiger partial charge in [-0.25, -0.2) is 0 Å². The maximum Gasteiger partial charge on any atom is 0.306 e. The van der Waals surface area contributed by atoms with Crippen molar-refractivity contribution in [3.05, 3.63) is 48.6 Å². The summed E-state index contributed by atoms with van der Waals surface area (Å²) in [6.45, 7) is 6.62. The third-order valence-corrected chi connectivity index (χ3v) is 15.8. The van der Waals surface area contributed by atoms with E-state index < -0.39 is 6.10 Å². The lowest BCUT2D eigenvalue weighted by molar-refractivity contribution is -0.167. The molecule has 0 aromatic rings. The largest absolute Gasteiger partial charge is 0.462 e. The number of rotatable bonds is 65. The van der Waals surface area contributed by atoms with Crippen LogP contribution in [0.3, 0.4) is 0 Å². The normalized spacial score (nSPS) is 12.3. The Morgan fingerprint density at radius 3 is 0.772 bits per heavy atom. The third-order valence-electron chi connectivity index (χ3n) is 15.8. The Labute approximate surface area is 492 Å². The second-order valence-corrected chi connectivity index (χ2v) is 23.8. The predicted molar refractivity (Wildman–Crippen MR) is 344 cm³/mol. The topological polar surface area (TPSA) is 78.9 Å². The van der Waals surface area contributed by atoms with Crippen molar-refractivity contribution in [2.75, 3.05) is 13.2 Å². The van der Waals surface area contributed by atoms with E-state index in [9.17, 15) is 14.4 Å². The molecule has 79 heavy (non-hydrogen) atoms. The number of carbonyl (C=O) groups excluding carboxylic acids is 3. The first-order valence-corrected chi connectivity index (χ1v) is 35.1. The Balaban J connectivity index is 4.16. The quantitative estimate of drug-likeness (QED) is 0.0261. The molecule has 0 bridgehead atoms. The predicted octanol–water partition coefficient (Wildman–Crippen LogP) is 24.1. The van der Waals surface area contributed by atoms with Gasteiger partial charge in [-0.2, -0.15) is 0 Å². The summed E-state index contributed by atoms with van der Waals surface area (Å²) in [5.41, 5.74) is 0. The zero-order chi connectivity index (χ0) is 57.1. The van der Waals surface area contributed by atoms with E-state index in [-0.39, 0.29) is 31.1 Å². The molecule has 0 aliphatic rings. The minimum Gasteiger partial charge on any atom is -0.462 e. The molecule has 462 valence electrons. The van der Waals surface area contributed by atoms with Gasteiger partial charge in [0.05, 0.1) is 0 Å². The Morgan fingerprint density at radius 2 is 0.481 bits per heavy atom. The molecule has 0 saturated carbocycles. The lowest BCUT2D eigenvalue weighted by atomic mass is 10.0. The summed E-state index contributed by atoms with van der Waals surface area (Å²) >= 11 is 0. The molecule has 6 heteroatoms. The van der Waals surface area contributed by atoms with Gasteiger partial charge < -0.3 is 14.2 Å². The maximum atomic E-state index is 12.9. The monoisotopic (exact) mass is 1110 g/mol. The number of carbonyl (C=O) groups is 3. The van der Waals surface area contributed by atoms with Gasteiger partial charge in [-0.15, -0.1) is 0 Å². The van der Waals surface area contributed by atoms with Crippen LogP contribution in [0.2, 0.25) is 0 Å². The molecule has 0 amide bonds. The fourth-order valence-corrected chi connectivity index (χ4v) is 10.5. The van der Waals surface area contributed by atoms with Gasteiger partial charge in [-0.1, -0.05) is 333 Å². The van der Waals surface area contributed by atoms with E-state index in [1.54, 1.807) is 0 Å². The highest BCUT2D eigenvalue weighted by atomic mass is 16.6. The average molecular weight is 1110 g/mol. The number of esters is 3. The van der Waals surface area contributed by atoms with Crippen LogP contribution in [0.25, 0.3) is 0 Å². The van der Waals surface area contributed by atoms with E-state index >= 15 is 0 Å². The summed E-state index contributed by atoms with van der Waals surface area (Å²) in [5, 5.41) is 0. The molecule has 0 aliphatic carbocycles. The molecule has 0 saturated heterocycles. The van der Waals surface area contributed by atoms with E-state index in [4.69, 9.17) is 14.2 Å². The zero-order valence-electron chi connectivity index (χ0n) is 53.2. The van der Waals surface area contributed by atoms with Crippen molar-refractivity contribution in [3.8, 4) is 0 Å². The van der Waals surface area contributed by atoms with Gasteiger partial charge >= 0.3 is 17.9 Å². The first-order valence-electron chi connectivity index (χ1n) is 35.1. The van der Waals surface area contributed by atoms with E-state index in [0.29, 0.717) is 19.3 Å². The summed E-state index contributed by atoms with van der Waals surface area (Å²) in [5.74, 6) is -0.861. The van der Waals surface area contributed by atoms with Crippen LogP contribution >= 0.6 is 0 Å². The second kappa shape index (κ2) is 67.9. The van der Waals surface area contributed by atoms with Crippen molar-refractivity contribution >= 4 is 17.9 Å². The Bertz CT molecular complexity index is 1360. The van der Waals surface area contributed by atoms with Crippen molar-refractivity contribution in [3.63, 3.8) is 0 Å². The highest BCUT2D eigenvalue weighted by molar-refractivity contribution is 5.71. The van der Waals surface area contributed by atoms with Crippen LogP contribution < -0.4 is 0 Å². The fourth-order valence-electron chi connectivity index (χ4n) is 10.5. The molecule has 1 atom stereocenters. The van der Waals surface area contributed by atoms with E-state index in [2.05, 4.69) is 69.4 Å². The summed E-state index contributed by atoms with van der Waals surface area (Å²) in [6, 6.07) is 0. The molecule has 0 spiro atoms. The van der Waals surface area contributed by atoms with Crippen LogP contribution in [0.15, 0.2) is 48.6 Å². The van der Waals surface area contributed by atoms with Gasteiger partial charge in [0.15, 0.2) is 6.10 Å². The summed E-state index contributed by atoms with van der Waals surface area (Å²) in [6.07, 6.45) is 85.8. The van der Waals surface area contributed by atoms with Gasteiger partial charge in [0, 0.05) is 19.3 Å². The first-order chi connectivity index (χ1) is 39.0. The Morgan fingerprint density at radius 1 is 0.253 bits per heavy atom. The molecule has 6 nitrogen and oxygen atoms in total. The lowest BCUT2D eigenvalue weighted by Gasteiger charge is -2.18.